The molecular formula is C3H2FNO. The fourth-order valence-corrected chi connectivity index (χ4v) is 0.198. The van der Waals surface area contributed by atoms with Crippen LogP contribution in [0.25, 0.3) is 0 Å². The zero-order chi connectivity index (χ0) is 4.41. The van der Waals surface area contributed by atoms with Gasteiger partial charge in [-0.2, -0.15) is 9.37 Å². The van der Waals surface area contributed by atoms with Crippen molar-refractivity contribution in [3.05, 3.63) is 18.6 Å². The van der Waals surface area contributed by atoms with Gasteiger partial charge in [0.15, 0.2) is 6.39 Å². The summed E-state index contributed by atoms with van der Waals surface area (Å²) in [5, 5.41) is 0. The van der Waals surface area contributed by atoms with E-state index in [-0.39, 0.29) is 0 Å². The molecule has 0 bridgehead atoms. The van der Waals surface area contributed by atoms with E-state index >= 15 is 0 Å². The van der Waals surface area contributed by atoms with Crippen LogP contribution >= 0.6 is 0 Å². The quantitative estimate of drug-likeness (QED) is 0.468. The molecule has 2 nitrogen and oxygen atoms in total. The minimum Gasteiger partial charge on any atom is -0.449 e. The Labute approximate surface area is 33.6 Å². The van der Waals surface area contributed by atoms with E-state index in [0.717, 1.165) is 12.7 Å². The molecule has 0 N–H and O–H groups in total. The Hall–Kier alpha value is -0.860. The molecule has 0 amide bonds. The summed E-state index contributed by atoms with van der Waals surface area (Å²) < 4.78 is 15.7. The molecule has 0 aromatic carbocycles. The summed E-state index contributed by atoms with van der Waals surface area (Å²) in [6.45, 7) is 0. The third-order valence-electron chi connectivity index (χ3n) is 0.402. The summed E-state index contributed by atoms with van der Waals surface area (Å²) >= 11 is 0. The molecule has 0 unspecified atom stereocenters. The van der Waals surface area contributed by atoms with Gasteiger partial charge in [-0.15, -0.1) is 0 Å². The van der Waals surface area contributed by atoms with Gasteiger partial charge in [0.2, 0.25) is 0 Å². The zero-order valence-electron chi connectivity index (χ0n) is 2.89. The Morgan fingerprint density at radius 1 is 1.83 bits per heavy atom. The van der Waals surface area contributed by atoms with Gasteiger partial charge in [0.25, 0.3) is 5.95 Å². The minimum absolute atomic E-state index is 0.574. The predicted molar refractivity (Wildman–Crippen MR) is 16.5 cm³/mol. The molecule has 3 heteroatoms. The summed E-state index contributed by atoms with van der Waals surface area (Å²) in [6, 6.07) is 0. The standard InChI is InChI=1S/C3H2FNO/c4-3-1-6-2-5-3/h1-2H. The van der Waals surface area contributed by atoms with E-state index in [1.54, 1.807) is 0 Å². The van der Waals surface area contributed by atoms with Crippen LogP contribution in [-0.2, 0) is 0 Å². The number of hydrogen-bond donors (Lipinski definition) is 0. The van der Waals surface area contributed by atoms with Crippen LogP contribution in [0, 0.1) is 5.95 Å². The number of hydrogen-bond acceptors (Lipinski definition) is 2. The van der Waals surface area contributed by atoms with Crippen molar-refractivity contribution < 1.29 is 8.81 Å². The van der Waals surface area contributed by atoms with E-state index in [9.17, 15) is 4.39 Å². The lowest BCUT2D eigenvalue weighted by Gasteiger charge is -1.56. The number of rotatable bonds is 0. The average Bonchev–Trinajstić information content (AvgIpc) is 1.86. The van der Waals surface area contributed by atoms with E-state index < -0.39 is 5.95 Å². The van der Waals surface area contributed by atoms with Crippen LogP contribution < -0.4 is 0 Å². The number of halogens is 1. The molecule has 0 spiro atoms. The van der Waals surface area contributed by atoms with Crippen molar-refractivity contribution in [2.45, 2.75) is 0 Å². The topological polar surface area (TPSA) is 26.0 Å². The lowest BCUT2D eigenvalue weighted by molar-refractivity contribution is 0.532. The molecule has 0 aliphatic carbocycles. The molecule has 1 rings (SSSR count). The van der Waals surface area contributed by atoms with Gasteiger partial charge in [0.1, 0.15) is 6.26 Å². The average molecular weight is 87.1 g/mol. The summed E-state index contributed by atoms with van der Waals surface area (Å²) in [5.74, 6) is -0.574. The van der Waals surface area contributed by atoms with Gasteiger partial charge < -0.3 is 4.42 Å². The van der Waals surface area contributed by atoms with Gasteiger partial charge in [-0.05, 0) is 0 Å². The highest BCUT2D eigenvalue weighted by Crippen LogP contribution is 1.86. The molecule has 0 saturated carbocycles. The van der Waals surface area contributed by atoms with Crippen molar-refractivity contribution in [1.82, 2.24) is 4.98 Å². The second-order valence-electron chi connectivity index (χ2n) is 0.811. The molecule has 0 atom stereocenters. The maximum Gasteiger partial charge on any atom is 0.251 e. The SMILES string of the molecule is Fc1cocn1. The molecule has 1 aromatic rings. The maximum absolute atomic E-state index is 11.5. The van der Waals surface area contributed by atoms with Crippen LogP contribution in [0.5, 0.6) is 0 Å². The Morgan fingerprint density at radius 3 is 2.83 bits per heavy atom. The summed E-state index contributed by atoms with van der Waals surface area (Å²) in [7, 11) is 0. The van der Waals surface area contributed by atoms with E-state index in [0.29, 0.717) is 0 Å². The molecule has 32 valence electrons. The molecule has 0 fully saturated rings. The van der Waals surface area contributed by atoms with Crippen molar-refractivity contribution in [2.24, 2.45) is 0 Å². The highest BCUT2D eigenvalue weighted by atomic mass is 19.1. The first-order chi connectivity index (χ1) is 2.89. The van der Waals surface area contributed by atoms with E-state index in [2.05, 4.69) is 9.40 Å². The molecule has 0 aliphatic heterocycles. The first-order valence-corrected chi connectivity index (χ1v) is 1.43. The van der Waals surface area contributed by atoms with Gasteiger partial charge in [-0.25, -0.2) is 0 Å². The Kier molecular flexibility index (Phi) is 0.602. The van der Waals surface area contributed by atoms with E-state index in [1.165, 1.54) is 0 Å². The molecule has 0 radical (unpaired) electrons. The highest BCUT2D eigenvalue weighted by molar-refractivity contribution is 4.64. The van der Waals surface area contributed by atoms with Crippen LogP contribution in [0.3, 0.4) is 0 Å². The van der Waals surface area contributed by atoms with Crippen LogP contribution in [0.4, 0.5) is 4.39 Å². The van der Waals surface area contributed by atoms with Crippen molar-refractivity contribution in [2.75, 3.05) is 0 Å². The van der Waals surface area contributed by atoms with Crippen molar-refractivity contribution in [3.63, 3.8) is 0 Å². The number of aromatic nitrogens is 1. The predicted octanol–water partition coefficient (Wildman–Crippen LogP) is 0.814. The second-order valence-corrected chi connectivity index (χ2v) is 0.811. The molecular weight excluding hydrogens is 85.0 g/mol. The van der Waals surface area contributed by atoms with Crippen LogP contribution in [-0.4, -0.2) is 4.98 Å². The molecule has 1 heterocycles. The monoisotopic (exact) mass is 87.0 g/mol. The third kappa shape index (κ3) is 0.381. The normalized spacial score (nSPS) is 8.83. The molecule has 0 saturated heterocycles. The lowest BCUT2D eigenvalue weighted by atomic mass is 10.9. The van der Waals surface area contributed by atoms with Crippen molar-refractivity contribution >= 4 is 0 Å². The largest absolute Gasteiger partial charge is 0.449 e. The summed E-state index contributed by atoms with van der Waals surface area (Å²) in [6.07, 6.45) is 1.97. The lowest BCUT2D eigenvalue weighted by Crippen LogP contribution is -1.61. The minimum atomic E-state index is -0.574. The van der Waals surface area contributed by atoms with E-state index in [4.69, 9.17) is 0 Å². The third-order valence-corrected chi connectivity index (χ3v) is 0.402. The molecule has 6 heavy (non-hydrogen) atoms. The number of nitrogens with zero attached hydrogens (tertiary/aromatic N) is 1. The Balaban J connectivity index is 3.05. The maximum atomic E-state index is 11.5. The zero-order valence-corrected chi connectivity index (χ0v) is 2.89. The fourth-order valence-electron chi connectivity index (χ4n) is 0.198. The van der Waals surface area contributed by atoms with Crippen molar-refractivity contribution in [3.8, 4) is 0 Å². The molecule has 0 aliphatic rings. The number of oxazole rings is 1. The Bertz CT molecular complexity index is 114. The van der Waals surface area contributed by atoms with E-state index in [1.807, 2.05) is 0 Å². The van der Waals surface area contributed by atoms with Crippen LogP contribution in [0.15, 0.2) is 17.1 Å². The van der Waals surface area contributed by atoms with Crippen LogP contribution in [0.2, 0.25) is 0 Å². The first kappa shape index (κ1) is 3.33. The van der Waals surface area contributed by atoms with Gasteiger partial charge in [0, 0.05) is 0 Å². The molecule has 1 aromatic heterocycles. The fraction of sp³-hybridized carbons (Fsp3) is 0. The summed E-state index contributed by atoms with van der Waals surface area (Å²) in [4.78, 5) is 3.08. The second kappa shape index (κ2) is 1.08. The highest BCUT2D eigenvalue weighted by Gasteiger charge is 1.83. The summed E-state index contributed by atoms with van der Waals surface area (Å²) in [5.41, 5.74) is 0. The van der Waals surface area contributed by atoms with Crippen molar-refractivity contribution in [1.29, 1.82) is 0 Å². The smallest absolute Gasteiger partial charge is 0.251 e. The van der Waals surface area contributed by atoms with Gasteiger partial charge in [-0.1, -0.05) is 0 Å². The Morgan fingerprint density at radius 2 is 2.67 bits per heavy atom. The van der Waals surface area contributed by atoms with Gasteiger partial charge >= 0.3 is 0 Å². The van der Waals surface area contributed by atoms with Crippen LogP contribution in [0.1, 0.15) is 0 Å². The van der Waals surface area contributed by atoms with Gasteiger partial charge in [-0.3, -0.25) is 0 Å². The van der Waals surface area contributed by atoms with Gasteiger partial charge in [0.05, 0.1) is 0 Å². The first-order valence-electron chi connectivity index (χ1n) is 1.43.